The fourth-order valence-electron chi connectivity index (χ4n) is 3.23. The normalized spacial score (nSPS) is 16.0. The lowest BCUT2D eigenvalue weighted by Gasteiger charge is -2.32. The maximum atomic E-state index is 12.2. The summed E-state index contributed by atoms with van der Waals surface area (Å²) in [4.78, 5) is 18.5. The number of nitrogens with zero attached hydrogens (tertiary/aromatic N) is 4. The van der Waals surface area contributed by atoms with Crippen LogP contribution in [0.15, 0.2) is 28.9 Å². The highest BCUT2D eigenvalue weighted by Crippen LogP contribution is 2.29. The van der Waals surface area contributed by atoms with Crippen LogP contribution in [0.1, 0.15) is 45.4 Å². The van der Waals surface area contributed by atoms with E-state index in [0.717, 1.165) is 29.3 Å². The summed E-state index contributed by atoms with van der Waals surface area (Å²) in [7, 11) is 0. The standard InChI is InChI=1S/C19H23N5O3/c1-19(2,3)26-18(25)24-8-6-12(7-9-24)17-21-16(23-27-17)13-4-5-14-11-20-22-15(14)10-13/h4-5,10-12H,6-9H2,1-3H3,(H,20,22). The predicted molar refractivity (Wildman–Crippen MR) is 99.2 cm³/mol. The van der Waals surface area contributed by atoms with Crippen molar-refractivity contribution in [3.8, 4) is 11.4 Å². The maximum Gasteiger partial charge on any atom is 0.410 e. The molecule has 0 atom stereocenters. The van der Waals surface area contributed by atoms with Gasteiger partial charge in [-0.2, -0.15) is 10.1 Å². The van der Waals surface area contributed by atoms with Crippen LogP contribution in [-0.4, -0.2) is 50.0 Å². The minimum absolute atomic E-state index is 0.154. The molecule has 1 aliphatic rings. The lowest BCUT2D eigenvalue weighted by atomic mass is 9.97. The van der Waals surface area contributed by atoms with Crippen molar-refractivity contribution in [3.05, 3.63) is 30.3 Å². The molecular weight excluding hydrogens is 346 g/mol. The molecule has 4 rings (SSSR count). The van der Waals surface area contributed by atoms with Crippen LogP contribution in [0, 0.1) is 0 Å². The van der Waals surface area contributed by atoms with Gasteiger partial charge in [-0.25, -0.2) is 4.79 Å². The smallest absolute Gasteiger partial charge is 0.410 e. The number of aromatic amines is 1. The molecule has 0 unspecified atom stereocenters. The van der Waals surface area contributed by atoms with Crippen molar-refractivity contribution in [2.75, 3.05) is 13.1 Å². The van der Waals surface area contributed by atoms with Crippen LogP contribution >= 0.6 is 0 Å². The van der Waals surface area contributed by atoms with Crippen molar-refractivity contribution >= 4 is 17.0 Å². The third-order valence-corrected chi connectivity index (χ3v) is 4.64. The number of likely N-dealkylation sites (tertiary alicyclic amines) is 1. The predicted octanol–water partition coefficient (Wildman–Crippen LogP) is 3.73. The molecule has 3 heterocycles. The van der Waals surface area contributed by atoms with E-state index in [2.05, 4.69) is 20.3 Å². The Bertz CT molecular complexity index is 948. The molecule has 0 bridgehead atoms. The van der Waals surface area contributed by atoms with E-state index in [1.165, 1.54) is 0 Å². The minimum atomic E-state index is -0.481. The third kappa shape index (κ3) is 3.79. The third-order valence-electron chi connectivity index (χ3n) is 4.64. The van der Waals surface area contributed by atoms with Crippen molar-refractivity contribution in [1.29, 1.82) is 0 Å². The van der Waals surface area contributed by atoms with Gasteiger partial charge in [0.25, 0.3) is 0 Å². The second-order valence-electron chi connectivity index (χ2n) is 7.87. The summed E-state index contributed by atoms with van der Waals surface area (Å²) >= 11 is 0. The van der Waals surface area contributed by atoms with Crippen molar-refractivity contribution in [2.45, 2.75) is 45.1 Å². The molecule has 0 spiro atoms. The van der Waals surface area contributed by atoms with Crippen molar-refractivity contribution < 1.29 is 14.1 Å². The minimum Gasteiger partial charge on any atom is -0.444 e. The van der Waals surface area contributed by atoms with Crippen LogP contribution in [0.5, 0.6) is 0 Å². The van der Waals surface area contributed by atoms with Crippen LogP contribution in [0.2, 0.25) is 0 Å². The number of piperidine rings is 1. The van der Waals surface area contributed by atoms with Gasteiger partial charge >= 0.3 is 6.09 Å². The van der Waals surface area contributed by atoms with Gasteiger partial charge in [0.2, 0.25) is 11.7 Å². The summed E-state index contributed by atoms with van der Waals surface area (Å²) in [6.07, 6.45) is 3.07. The first-order chi connectivity index (χ1) is 12.9. The molecule has 1 fully saturated rings. The number of H-pyrrole nitrogens is 1. The first kappa shape index (κ1) is 17.5. The number of amides is 1. The number of benzene rings is 1. The number of carbonyl (C=O) groups is 1. The number of aromatic nitrogens is 4. The molecule has 1 N–H and O–H groups in total. The van der Waals surface area contributed by atoms with Crippen molar-refractivity contribution in [3.63, 3.8) is 0 Å². The Balaban J connectivity index is 1.41. The van der Waals surface area contributed by atoms with Crippen LogP contribution in [0.4, 0.5) is 4.79 Å². The lowest BCUT2D eigenvalue weighted by Crippen LogP contribution is -2.41. The zero-order valence-electron chi connectivity index (χ0n) is 15.7. The highest BCUT2D eigenvalue weighted by molar-refractivity contribution is 5.82. The molecule has 1 aliphatic heterocycles. The van der Waals surface area contributed by atoms with E-state index >= 15 is 0 Å². The highest BCUT2D eigenvalue weighted by atomic mass is 16.6. The SMILES string of the molecule is CC(C)(C)OC(=O)N1CCC(c2nc(-c3ccc4cn[nH]c4c3)no2)CC1. The summed E-state index contributed by atoms with van der Waals surface area (Å²) < 4.78 is 10.9. The Morgan fingerprint density at radius 1 is 1.30 bits per heavy atom. The molecule has 1 amide bonds. The number of hydrogen-bond acceptors (Lipinski definition) is 6. The van der Waals surface area contributed by atoms with E-state index < -0.39 is 5.60 Å². The average Bonchev–Trinajstić information content (AvgIpc) is 3.29. The first-order valence-corrected chi connectivity index (χ1v) is 9.14. The van der Waals surface area contributed by atoms with Crippen molar-refractivity contribution in [2.24, 2.45) is 0 Å². The molecule has 0 aliphatic carbocycles. The zero-order valence-corrected chi connectivity index (χ0v) is 15.7. The molecule has 8 heteroatoms. The van der Waals surface area contributed by atoms with E-state index in [0.29, 0.717) is 24.8 Å². The number of hydrogen-bond donors (Lipinski definition) is 1. The van der Waals surface area contributed by atoms with E-state index in [1.54, 1.807) is 11.1 Å². The maximum absolute atomic E-state index is 12.2. The van der Waals surface area contributed by atoms with Gasteiger partial charge in [0.15, 0.2) is 0 Å². The van der Waals surface area contributed by atoms with Gasteiger partial charge in [-0.3, -0.25) is 5.10 Å². The van der Waals surface area contributed by atoms with Gasteiger partial charge in [0.05, 0.1) is 11.7 Å². The summed E-state index contributed by atoms with van der Waals surface area (Å²) in [5.74, 6) is 1.34. The van der Waals surface area contributed by atoms with Crippen molar-refractivity contribution in [1.82, 2.24) is 25.2 Å². The molecular formula is C19H23N5O3. The Hall–Kier alpha value is -2.90. The first-order valence-electron chi connectivity index (χ1n) is 9.14. The van der Waals surface area contributed by atoms with Crippen LogP contribution < -0.4 is 0 Å². The molecule has 0 radical (unpaired) electrons. The van der Waals surface area contributed by atoms with E-state index in [4.69, 9.17) is 9.26 Å². The number of fused-ring (bicyclic) bond motifs is 1. The molecule has 27 heavy (non-hydrogen) atoms. The van der Waals surface area contributed by atoms with Gasteiger partial charge in [0, 0.05) is 30.0 Å². The summed E-state index contributed by atoms with van der Waals surface area (Å²) in [6.45, 7) is 6.86. The summed E-state index contributed by atoms with van der Waals surface area (Å²) in [5, 5.41) is 12.1. The van der Waals surface area contributed by atoms with Crippen LogP contribution in [-0.2, 0) is 4.74 Å². The Morgan fingerprint density at radius 3 is 2.81 bits per heavy atom. The number of ether oxygens (including phenoxy) is 1. The van der Waals surface area contributed by atoms with Crippen LogP contribution in [0.3, 0.4) is 0 Å². The topological polar surface area (TPSA) is 97.1 Å². The Morgan fingerprint density at radius 2 is 2.07 bits per heavy atom. The van der Waals surface area contributed by atoms with E-state index in [9.17, 15) is 4.79 Å². The summed E-state index contributed by atoms with van der Waals surface area (Å²) in [5.41, 5.74) is 1.34. The molecule has 3 aromatic rings. The fourth-order valence-corrected chi connectivity index (χ4v) is 3.23. The number of rotatable bonds is 2. The van der Waals surface area contributed by atoms with E-state index in [-0.39, 0.29) is 12.0 Å². The lowest BCUT2D eigenvalue weighted by molar-refractivity contribution is 0.0198. The highest BCUT2D eigenvalue weighted by Gasteiger charge is 2.30. The summed E-state index contributed by atoms with van der Waals surface area (Å²) in [6, 6.07) is 5.89. The van der Waals surface area contributed by atoms with Gasteiger partial charge in [-0.15, -0.1) is 0 Å². The molecule has 142 valence electrons. The molecule has 1 saturated heterocycles. The second-order valence-corrected chi connectivity index (χ2v) is 7.87. The second kappa shape index (κ2) is 6.68. The Labute approximate surface area is 156 Å². The fraction of sp³-hybridized carbons (Fsp3) is 0.474. The van der Waals surface area contributed by atoms with Gasteiger partial charge < -0.3 is 14.2 Å². The monoisotopic (exact) mass is 369 g/mol. The van der Waals surface area contributed by atoms with Gasteiger partial charge in [-0.1, -0.05) is 17.3 Å². The Kier molecular flexibility index (Phi) is 4.33. The number of carbonyl (C=O) groups excluding carboxylic acids is 1. The van der Waals surface area contributed by atoms with E-state index in [1.807, 2.05) is 39.0 Å². The van der Waals surface area contributed by atoms with Gasteiger partial charge in [-0.05, 0) is 39.7 Å². The average molecular weight is 369 g/mol. The quantitative estimate of drug-likeness (QED) is 0.739. The zero-order chi connectivity index (χ0) is 19.0. The molecule has 1 aromatic carbocycles. The molecule has 2 aromatic heterocycles. The number of nitrogens with one attached hydrogen (secondary N) is 1. The molecule has 8 nitrogen and oxygen atoms in total. The largest absolute Gasteiger partial charge is 0.444 e. The molecule has 0 saturated carbocycles. The van der Waals surface area contributed by atoms with Crippen LogP contribution in [0.25, 0.3) is 22.3 Å². The van der Waals surface area contributed by atoms with Gasteiger partial charge in [0.1, 0.15) is 5.60 Å².